The molecule has 0 saturated heterocycles. The van der Waals surface area contributed by atoms with Gasteiger partial charge in [0.15, 0.2) is 0 Å². The molecule has 0 unspecified atom stereocenters. The third kappa shape index (κ3) is 3.44. The molecule has 2 aromatic carbocycles. The fourth-order valence-corrected chi connectivity index (χ4v) is 5.18. The Morgan fingerprint density at radius 1 is 0.657 bits per heavy atom. The van der Waals surface area contributed by atoms with Gasteiger partial charge in [0, 0.05) is 17.3 Å². The van der Waals surface area contributed by atoms with E-state index in [1.165, 1.54) is 11.1 Å². The SMILES string of the molecule is [C-]#[N+]c1nc(-c2ccccc2)nc(-c2ccc(-c3ccc4c(c3)C(C)(C)C(C)(C)C4(C)C)nc2)n1. The molecule has 4 aromatic rings. The zero-order chi connectivity index (χ0) is 25.0. The van der Waals surface area contributed by atoms with Crippen LogP contribution in [0.5, 0.6) is 0 Å². The number of fused-ring (bicyclic) bond motifs is 1. The van der Waals surface area contributed by atoms with Crippen molar-refractivity contribution in [1.29, 1.82) is 0 Å². The molecule has 5 heteroatoms. The first kappa shape index (κ1) is 22.9. The van der Waals surface area contributed by atoms with Gasteiger partial charge in [0.05, 0.1) is 11.3 Å². The van der Waals surface area contributed by atoms with Crippen LogP contribution in [-0.4, -0.2) is 19.9 Å². The lowest BCUT2D eigenvalue weighted by Crippen LogP contribution is -2.42. The molecule has 0 radical (unpaired) electrons. The average Bonchev–Trinajstić information content (AvgIpc) is 2.98. The van der Waals surface area contributed by atoms with Crippen molar-refractivity contribution >= 4 is 5.95 Å². The first-order valence-electron chi connectivity index (χ1n) is 11.9. The number of hydrogen-bond donors (Lipinski definition) is 0. The minimum absolute atomic E-state index is 0.0384. The second kappa shape index (κ2) is 7.81. The lowest BCUT2D eigenvalue weighted by Gasteiger charge is -2.44. The predicted octanol–water partition coefficient (Wildman–Crippen LogP) is 7.41. The van der Waals surface area contributed by atoms with Crippen LogP contribution in [0, 0.1) is 12.0 Å². The van der Waals surface area contributed by atoms with E-state index in [4.69, 9.17) is 11.6 Å². The molecule has 2 heterocycles. The molecule has 0 spiro atoms. The fraction of sp³-hybridized carbons (Fsp3) is 0.300. The molecule has 0 atom stereocenters. The topological polar surface area (TPSA) is 55.9 Å². The van der Waals surface area contributed by atoms with E-state index in [1.54, 1.807) is 6.20 Å². The third-order valence-electron chi connectivity index (χ3n) is 8.56. The summed E-state index contributed by atoms with van der Waals surface area (Å²) in [6.07, 6.45) is 1.78. The number of aromatic nitrogens is 4. The van der Waals surface area contributed by atoms with Crippen LogP contribution >= 0.6 is 0 Å². The van der Waals surface area contributed by atoms with Gasteiger partial charge >= 0.3 is 5.95 Å². The van der Waals surface area contributed by atoms with E-state index in [-0.39, 0.29) is 22.2 Å². The van der Waals surface area contributed by atoms with Crippen LogP contribution in [0.3, 0.4) is 0 Å². The Morgan fingerprint density at radius 2 is 1.29 bits per heavy atom. The molecular weight excluding hydrogens is 430 g/mol. The van der Waals surface area contributed by atoms with E-state index in [2.05, 4.69) is 79.5 Å². The third-order valence-corrected chi connectivity index (χ3v) is 8.56. The summed E-state index contributed by atoms with van der Waals surface area (Å²) in [4.78, 5) is 21.4. The zero-order valence-electron chi connectivity index (χ0n) is 21.1. The van der Waals surface area contributed by atoms with Gasteiger partial charge in [0.25, 0.3) is 0 Å². The van der Waals surface area contributed by atoms with Gasteiger partial charge in [-0.3, -0.25) is 4.98 Å². The van der Waals surface area contributed by atoms with Crippen LogP contribution < -0.4 is 0 Å². The molecule has 2 aromatic heterocycles. The van der Waals surface area contributed by atoms with Crippen molar-refractivity contribution in [2.24, 2.45) is 5.41 Å². The van der Waals surface area contributed by atoms with Crippen molar-refractivity contribution in [1.82, 2.24) is 19.9 Å². The van der Waals surface area contributed by atoms with Crippen LogP contribution in [0.1, 0.15) is 52.7 Å². The van der Waals surface area contributed by atoms with Crippen molar-refractivity contribution in [3.05, 3.63) is 89.4 Å². The summed E-state index contributed by atoms with van der Waals surface area (Å²) < 4.78 is 0. The van der Waals surface area contributed by atoms with Crippen LogP contribution in [0.2, 0.25) is 0 Å². The summed E-state index contributed by atoms with van der Waals surface area (Å²) in [6, 6.07) is 20.3. The molecule has 1 aliphatic rings. The summed E-state index contributed by atoms with van der Waals surface area (Å²) in [7, 11) is 0. The average molecular weight is 460 g/mol. The number of rotatable bonds is 3. The van der Waals surface area contributed by atoms with Crippen molar-refractivity contribution in [3.8, 4) is 34.0 Å². The summed E-state index contributed by atoms with van der Waals surface area (Å²) >= 11 is 0. The molecule has 1 aliphatic carbocycles. The maximum absolute atomic E-state index is 7.41. The summed E-state index contributed by atoms with van der Waals surface area (Å²) in [5, 5.41) is 0. The smallest absolute Gasteiger partial charge is 0.375 e. The van der Waals surface area contributed by atoms with Gasteiger partial charge in [-0.15, -0.1) is 16.5 Å². The van der Waals surface area contributed by atoms with Crippen molar-refractivity contribution in [3.63, 3.8) is 0 Å². The molecular formula is C30H29N5. The van der Waals surface area contributed by atoms with Crippen molar-refractivity contribution in [2.45, 2.75) is 52.4 Å². The van der Waals surface area contributed by atoms with Gasteiger partial charge in [-0.1, -0.05) is 71.9 Å². The monoisotopic (exact) mass is 459 g/mol. The number of hydrogen-bond acceptors (Lipinski definition) is 4. The van der Waals surface area contributed by atoms with Gasteiger partial charge in [-0.2, -0.15) is 4.98 Å². The highest BCUT2D eigenvalue weighted by Crippen LogP contribution is 2.61. The Balaban J connectivity index is 1.53. The molecule has 0 N–H and O–H groups in total. The normalized spacial score (nSPS) is 16.9. The highest BCUT2D eigenvalue weighted by molar-refractivity contribution is 5.68. The van der Waals surface area contributed by atoms with Gasteiger partial charge in [0.1, 0.15) is 0 Å². The number of benzene rings is 2. The lowest BCUT2D eigenvalue weighted by atomic mass is 9.59. The maximum atomic E-state index is 7.41. The molecule has 174 valence electrons. The largest absolute Gasteiger partial charge is 0.394 e. The van der Waals surface area contributed by atoms with E-state index in [1.807, 2.05) is 42.5 Å². The van der Waals surface area contributed by atoms with E-state index in [0.29, 0.717) is 11.6 Å². The summed E-state index contributed by atoms with van der Waals surface area (Å²) in [6.45, 7) is 21.6. The molecule has 5 nitrogen and oxygen atoms in total. The first-order chi connectivity index (χ1) is 16.6. The lowest BCUT2D eigenvalue weighted by molar-refractivity contribution is 0.125. The van der Waals surface area contributed by atoms with E-state index < -0.39 is 0 Å². The van der Waals surface area contributed by atoms with Crippen LogP contribution in [0.15, 0.2) is 66.9 Å². The molecule has 0 amide bonds. The summed E-state index contributed by atoms with van der Waals surface area (Å²) in [5.41, 5.74) is 6.64. The molecule has 35 heavy (non-hydrogen) atoms. The minimum atomic E-state index is 0.0384. The summed E-state index contributed by atoms with van der Waals surface area (Å²) in [5.74, 6) is 1.00. The van der Waals surface area contributed by atoms with E-state index in [0.717, 1.165) is 22.4 Å². The Morgan fingerprint density at radius 3 is 1.91 bits per heavy atom. The predicted molar refractivity (Wildman–Crippen MR) is 140 cm³/mol. The second-order valence-electron chi connectivity index (χ2n) is 10.8. The molecule has 0 fully saturated rings. The minimum Gasteiger partial charge on any atom is -0.394 e. The van der Waals surface area contributed by atoms with E-state index in [9.17, 15) is 0 Å². The van der Waals surface area contributed by atoms with Gasteiger partial charge in [-0.25, -0.2) is 0 Å². The Hall–Kier alpha value is -3.91. The molecule has 0 saturated carbocycles. The van der Waals surface area contributed by atoms with Crippen molar-refractivity contribution < 1.29 is 0 Å². The van der Waals surface area contributed by atoms with Crippen LogP contribution in [-0.2, 0) is 10.8 Å². The Kier molecular flexibility index (Phi) is 5.10. The number of nitrogens with zero attached hydrogens (tertiary/aromatic N) is 5. The van der Waals surface area contributed by atoms with Gasteiger partial charge in [-0.05, 0) is 57.7 Å². The first-order valence-corrected chi connectivity index (χ1v) is 11.9. The Labute approximate surface area is 207 Å². The molecule has 0 bridgehead atoms. The Bertz CT molecular complexity index is 1460. The highest BCUT2D eigenvalue weighted by Gasteiger charge is 2.56. The second-order valence-corrected chi connectivity index (χ2v) is 10.8. The number of pyridine rings is 1. The zero-order valence-corrected chi connectivity index (χ0v) is 21.1. The fourth-order valence-electron chi connectivity index (χ4n) is 5.18. The van der Waals surface area contributed by atoms with E-state index >= 15 is 0 Å². The van der Waals surface area contributed by atoms with Crippen LogP contribution in [0.25, 0.3) is 38.9 Å². The van der Waals surface area contributed by atoms with Crippen molar-refractivity contribution in [2.75, 3.05) is 0 Å². The maximum Gasteiger partial charge on any atom is 0.375 e. The quantitative estimate of drug-likeness (QED) is 0.299. The molecule has 0 aliphatic heterocycles. The highest BCUT2D eigenvalue weighted by atomic mass is 15.1. The van der Waals surface area contributed by atoms with Gasteiger partial charge < -0.3 is 4.85 Å². The van der Waals surface area contributed by atoms with Gasteiger partial charge in [0.2, 0.25) is 11.6 Å². The molecule has 5 rings (SSSR count). The standard InChI is InChI=1S/C30H29N5/c1-28(2)22-15-13-20(17-23(22)29(3,4)30(28,5)6)24-16-14-21(18-32-24)26-33-25(34-27(31-7)35-26)19-11-9-8-10-12-19/h8-18H,1-6H3. The van der Waals surface area contributed by atoms with Crippen LogP contribution in [0.4, 0.5) is 5.95 Å².